The molecule has 0 atom stereocenters. The highest BCUT2D eigenvalue weighted by molar-refractivity contribution is 5.94. The fourth-order valence-corrected chi connectivity index (χ4v) is 2.23. The molecule has 0 aliphatic rings. The summed E-state index contributed by atoms with van der Waals surface area (Å²) in [5, 5.41) is 3.42. The fourth-order valence-electron chi connectivity index (χ4n) is 2.23. The number of hydrogen-bond donors (Lipinski definition) is 1. The van der Waals surface area contributed by atoms with Crippen LogP contribution in [0.3, 0.4) is 0 Å². The molecule has 1 aromatic heterocycles. The molecule has 2 aromatic carbocycles. The van der Waals surface area contributed by atoms with Crippen molar-refractivity contribution in [1.29, 1.82) is 0 Å². The summed E-state index contributed by atoms with van der Waals surface area (Å²) in [5.41, 5.74) is 1.70. The number of carbonyl (C=O) groups excluding carboxylic acids is 2. The van der Waals surface area contributed by atoms with Crippen LogP contribution in [-0.4, -0.2) is 35.6 Å². The number of amides is 1. The van der Waals surface area contributed by atoms with E-state index in [4.69, 9.17) is 4.74 Å². The number of nitrogens with one attached hydrogen (secondary N) is 1. The summed E-state index contributed by atoms with van der Waals surface area (Å²) in [6.45, 7) is -0.195. The molecule has 0 aliphatic carbocycles. The average molecular weight is 337 g/mol. The molecule has 0 radical (unpaired) electrons. The summed E-state index contributed by atoms with van der Waals surface area (Å²) >= 11 is 0. The number of aromatic nitrogens is 2. The van der Waals surface area contributed by atoms with Gasteiger partial charge in [0.1, 0.15) is 6.33 Å². The number of para-hydroxylation sites is 1. The lowest BCUT2D eigenvalue weighted by Gasteiger charge is -2.09. The van der Waals surface area contributed by atoms with E-state index >= 15 is 0 Å². The Morgan fingerprint density at radius 3 is 2.56 bits per heavy atom. The number of anilines is 1. The summed E-state index contributed by atoms with van der Waals surface area (Å²) < 4.78 is 10.1. The van der Waals surface area contributed by atoms with Crippen LogP contribution >= 0.6 is 0 Å². The first-order chi connectivity index (χ1) is 12.2. The maximum absolute atomic E-state index is 12.0. The molecule has 0 saturated carbocycles. The standard InChI is InChI=1S/C18H15N3O4/c1-24-18(23)12-6-8-13(9-7-12)21-16(22)10-25-17-14-4-2-3-5-15(14)19-11-20-17/h2-9,11H,10H2,1H3,(H,21,22). The minimum Gasteiger partial charge on any atom is -0.467 e. The van der Waals surface area contributed by atoms with Crippen molar-refractivity contribution in [2.24, 2.45) is 0 Å². The summed E-state index contributed by atoms with van der Waals surface area (Å²) in [4.78, 5) is 31.6. The lowest BCUT2D eigenvalue weighted by atomic mass is 10.2. The van der Waals surface area contributed by atoms with E-state index < -0.39 is 5.97 Å². The van der Waals surface area contributed by atoms with Crippen LogP contribution in [0.15, 0.2) is 54.9 Å². The SMILES string of the molecule is COC(=O)c1ccc(NC(=O)COc2ncnc3ccccc23)cc1. The lowest BCUT2D eigenvalue weighted by molar-refractivity contribution is -0.118. The molecule has 7 heteroatoms. The zero-order chi connectivity index (χ0) is 17.6. The summed E-state index contributed by atoms with van der Waals surface area (Å²) in [5.74, 6) is -0.424. The molecule has 0 saturated heterocycles. The average Bonchev–Trinajstić information content (AvgIpc) is 2.66. The molecule has 0 unspecified atom stereocenters. The van der Waals surface area contributed by atoms with Gasteiger partial charge in [-0.05, 0) is 36.4 Å². The molecular formula is C18H15N3O4. The van der Waals surface area contributed by atoms with Crippen molar-refractivity contribution in [2.45, 2.75) is 0 Å². The first kappa shape index (κ1) is 16.4. The van der Waals surface area contributed by atoms with Gasteiger partial charge in [-0.15, -0.1) is 0 Å². The quantitative estimate of drug-likeness (QED) is 0.719. The first-order valence-corrected chi connectivity index (χ1v) is 7.48. The molecule has 0 bridgehead atoms. The van der Waals surface area contributed by atoms with Crippen LogP contribution < -0.4 is 10.1 Å². The highest BCUT2D eigenvalue weighted by atomic mass is 16.5. The van der Waals surface area contributed by atoms with Crippen LogP contribution in [-0.2, 0) is 9.53 Å². The maximum atomic E-state index is 12.0. The van der Waals surface area contributed by atoms with Crippen LogP contribution in [0.1, 0.15) is 10.4 Å². The Morgan fingerprint density at radius 2 is 1.80 bits per heavy atom. The number of methoxy groups -OCH3 is 1. The van der Waals surface area contributed by atoms with E-state index in [-0.39, 0.29) is 12.5 Å². The molecule has 7 nitrogen and oxygen atoms in total. The van der Waals surface area contributed by atoms with Gasteiger partial charge in [0.25, 0.3) is 5.91 Å². The van der Waals surface area contributed by atoms with Gasteiger partial charge in [0.15, 0.2) is 6.61 Å². The smallest absolute Gasteiger partial charge is 0.337 e. The first-order valence-electron chi connectivity index (χ1n) is 7.48. The molecular weight excluding hydrogens is 322 g/mol. The third-order valence-electron chi connectivity index (χ3n) is 3.44. The van der Waals surface area contributed by atoms with Gasteiger partial charge in [-0.25, -0.2) is 14.8 Å². The second-order valence-corrected chi connectivity index (χ2v) is 5.10. The minimum atomic E-state index is -0.433. The Hall–Kier alpha value is -3.48. The monoisotopic (exact) mass is 337 g/mol. The normalized spacial score (nSPS) is 10.3. The van der Waals surface area contributed by atoms with Crippen molar-refractivity contribution in [3.63, 3.8) is 0 Å². The predicted octanol–water partition coefficient (Wildman–Crippen LogP) is 2.43. The molecule has 3 aromatic rings. The van der Waals surface area contributed by atoms with Gasteiger partial charge in [-0.1, -0.05) is 12.1 Å². The number of benzene rings is 2. The number of nitrogens with zero attached hydrogens (tertiary/aromatic N) is 2. The maximum Gasteiger partial charge on any atom is 0.337 e. The van der Waals surface area contributed by atoms with Crippen molar-refractivity contribution < 1.29 is 19.1 Å². The van der Waals surface area contributed by atoms with Gasteiger partial charge in [-0.2, -0.15) is 0 Å². The number of rotatable bonds is 5. The van der Waals surface area contributed by atoms with E-state index in [9.17, 15) is 9.59 Å². The van der Waals surface area contributed by atoms with E-state index in [1.54, 1.807) is 24.3 Å². The summed E-state index contributed by atoms with van der Waals surface area (Å²) in [7, 11) is 1.31. The fraction of sp³-hybridized carbons (Fsp3) is 0.111. The largest absolute Gasteiger partial charge is 0.467 e. The predicted molar refractivity (Wildman–Crippen MR) is 91.4 cm³/mol. The highest BCUT2D eigenvalue weighted by Gasteiger charge is 2.09. The van der Waals surface area contributed by atoms with Crippen molar-refractivity contribution in [3.8, 4) is 5.88 Å². The molecule has 1 N–H and O–H groups in total. The molecule has 1 heterocycles. The highest BCUT2D eigenvalue weighted by Crippen LogP contribution is 2.20. The van der Waals surface area contributed by atoms with E-state index in [1.165, 1.54) is 13.4 Å². The van der Waals surface area contributed by atoms with Crippen LogP contribution in [0.5, 0.6) is 5.88 Å². The van der Waals surface area contributed by atoms with Gasteiger partial charge in [-0.3, -0.25) is 4.79 Å². The number of carbonyl (C=O) groups is 2. The molecule has 126 valence electrons. The zero-order valence-electron chi connectivity index (χ0n) is 13.4. The van der Waals surface area contributed by atoms with Crippen molar-refractivity contribution in [2.75, 3.05) is 19.0 Å². The van der Waals surface area contributed by atoms with Gasteiger partial charge in [0, 0.05) is 5.69 Å². The molecule has 0 spiro atoms. The molecule has 3 rings (SSSR count). The number of esters is 1. The van der Waals surface area contributed by atoms with Crippen LogP contribution in [0.4, 0.5) is 5.69 Å². The van der Waals surface area contributed by atoms with Crippen molar-refractivity contribution in [1.82, 2.24) is 9.97 Å². The van der Waals surface area contributed by atoms with Gasteiger partial charge >= 0.3 is 5.97 Å². The Bertz CT molecular complexity index is 904. The number of hydrogen-bond acceptors (Lipinski definition) is 6. The molecule has 0 aliphatic heterocycles. The van der Waals surface area contributed by atoms with Crippen LogP contribution in [0.2, 0.25) is 0 Å². The topological polar surface area (TPSA) is 90.4 Å². The second-order valence-electron chi connectivity index (χ2n) is 5.10. The third-order valence-corrected chi connectivity index (χ3v) is 3.44. The lowest BCUT2D eigenvalue weighted by Crippen LogP contribution is -2.20. The van der Waals surface area contributed by atoms with E-state index in [0.29, 0.717) is 17.1 Å². The zero-order valence-corrected chi connectivity index (χ0v) is 13.4. The van der Waals surface area contributed by atoms with Crippen molar-refractivity contribution >= 4 is 28.5 Å². The number of ether oxygens (including phenoxy) is 2. The van der Waals surface area contributed by atoms with E-state index in [0.717, 1.165) is 10.9 Å². The van der Waals surface area contributed by atoms with Crippen LogP contribution in [0.25, 0.3) is 10.9 Å². The van der Waals surface area contributed by atoms with Gasteiger partial charge in [0.05, 0.1) is 23.6 Å². The molecule has 25 heavy (non-hydrogen) atoms. The Morgan fingerprint density at radius 1 is 1.04 bits per heavy atom. The van der Waals surface area contributed by atoms with Crippen molar-refractivity contribution in [3.05, 3.63) is 60.4 Å². The minimum absolute atomic E-state index is 0.195. The summed E-state index contributed by atoms with van der Waals surface area (Å²) in [6.07, 6.45) is 1.39. The second kappa shape index (κ2) is 7.39. The van der Waals surface area contributed by atoms with Gasteiger partial charge < -0.3 is 14.8 Å². The molecule has 0 fully saturated rings. The molecule has 1 amide bonds. The Kier molecular flexibility index (Phi) is 4.84. The number of fused-ring (bicyclic) bond motifs is 1. The summed E-state index contributed by atoms with van der Waals surface area (Å²) in [6, 6.07) is 13.8. The third kappa shape index (κ3) is 3.89. The van der Waals surface area contributed by atoms with Crippen LogP contribution in [0, 0.1) is 0 Å². The van der Waals surface area contributed by atoms with Gasteiger partial charge in [0.2, 0.25) is 5.88 Å². The Labute approximate surface area is 143 Å². The van der Waals surface area contributed by atoms with E-state index in [2.05, 4.69) is 20.0 Å². The van der Waals surface area contributed by atoms with E-state index in [1.807, 2.05) is 24.3 Å². The Balaban J connectivity index is 1.62.